The van der Waals surface area contributed by atoms with E-state index in [-0.39, 0.29) is 4.90 Å². The molecule has 0 radical (unpaired) electrons. The Bertz CT molecular complexity index is 1110. The lowest BCUT2D eigenvalue weighted by molar-refractivity contribution is 0.222. The van der Waals surface area contributed by atoms with Crippen molar-refractivity contribution in [3.05, 3.63) is 53.4 Å². The maximum Gasteiger partial charge on any atom is 0.259 e. The molecule has 3 aromatic rings. The van der Waals surface area contributed by atoms with Gasteiger partial charge in [-0.25, -0.2) is 13.4 Å². The molecule has 0 bridgehead atoms. The molecule has 0 aliphatic carbocycles. The number of benzene rings is 1. The number of hydrogen-bond donors (Lipinski definition) is 0. The quantitative estimate of drug-likeness (QED) is 0.513. The van der Waals surface area contributed by atoms with Gasteiger partial charge in [0, 0.05) is 32.4 Å². The lowest BCUT2D eigenvalue weighted by atomic mass is 10.2. The van der Waals surface area contributed by atoms with Gasteiger partial charge < -0.3 is 9.42 Å². The van der Waals surface area contributed by atoms with Gasteiger partial charge in [-0.1, -0.05) is 40.7 Å². The first-order valence-corrected chi connectivity index (χ1v) is 12.1. The van der Waals surface area contributed by atoms with Gasteiger partial charge in [-0.2, -0.15) is 9.29 Å². The largest absolute Gasteiger partial charge is 0.334 e. The summed E-state index contributed by atoms with van der Waals surface area (Å²) >= 11 is 7.56. The highest BCUT2D eigenvalue weighted by atomic mass is 35.5. The van der Waals surface area contributed by atoms with Crippen LogP contribution in [0, 0.1) is 0 Å². The van der Waals surface area contributed by atoms with Crippen LogP contribution < -0.4 is 0 Å². The number of halogens is 1. The highest BCUT2D eigenvalue weighted by Gasteiger charge is 2.27. The minimum atomic E-state index is -3.52. The Labute approximate surface area is 184 Å². The van der Waals surface area contributed by atoms with Gasteiger partial charge in [0.2, 0.25) is 10.0 Å². The van der Waals surface area contributed by atoms with Gasteiger partial charge >= 0.3 is 0 Å². The lowest BCUT2D eigenvalue weighted by Crippen LogP contribution is -2.47. The maximum atomic E-state index is 12.8. The van der Waals surface area contributed by atoms with Crippen molar-refractivity contribution in [3.8, 4) is 11.5 Å². The van der Waals surface area contributed by atoms with Crippen LogP contribution >= 0.6 is 23.4 Å². The summed E-state index contributed by atoms with van der Waals surface area (Å²) in [5, 5.41) is 5.19. The Morgan fingerprint density at radius 2 is 1.90 bits per heavy atom. The molecule has 1 aliphatic rings. The van der Waals surface area contributed by atoms with Gasteiger partial charge in [0.05, 0.1) is 21.4 Å². The molecule has 11 heteroatoms. The average molecular weight is 466 g/mol. The van der Waals surface area contributed by atoms with Crippen molar-refractivity contribution >= 4 is 33.4 Å². The summed E-state index contributed by atoms with van der Waals surface area (Å²) in [6.07, 6.45) is 1.40. The number of aromatic nitrogens is 3. The summed E-state index contributed by atoms with van der Waals surface area (Å²) in [5.41, 5.74) is 0.680. The van der Waals surface area contributed by atoms with Crippen molar-refractivity contribution in [3.63, 3.8) is 0 Å². The molecule has 0 N–H and O–H groups in total. The third-order valence-electron chi connectivity index (χ3n) is 4.73. The number of hydrogen-bond acceptors (Lipinski definition) is 8. The fourth-order valence-electron chi connectivity index (χ4n) is 2.98. The van der Waals surface area contributed by atoms with Gasteiger partial charge in [-0.05, 0) is 31.3 Å². The topological polar surface area (TPSA) is 92.4 Å². The molecule has 0 unspecified atom stereocenters. The van der Waals surface area contributed by atoms with Crippen LogP contribution in [0.2, 0.25) is 5.02 Å². The second-order valence-corrected chi connectivity index (χ2v) is 10.2. The first-order valence-electron chi connectivity index (χ1n) is 9.28. The summed E-state index contributed by atoms with van der Waals surface area (Å²) in [5.74, 6) is 1.30. The van der Waals surface area contributed by atoms with Crippen LogP contribution in [0.25, 0.3) is 11.5 Å². The zero-order chi connectivity index (χ0) is 21.1. The highest BCUT2D eigenvalue weighted by Crippen LogP contribution is 2.27. The summed E-state index contributed by atoms with van der Waals surface area (Å²) in [6.45, 7) is 2.42. The molecule has 1 saturated heterocycles. The molecule has 1 aromatic carbocycles. The van der Waals surface area contributed by atoms with E-state index in [1.54, 1.807) is 18.2 Å². The normalized spacial score (nSPS) is 16.1. The fraction of sp³-hybridized carbons (Fsp3) is 0.316. The van der Waals surface area contributed by atoms with E-state index in [1.807, 2.05) is 25.2 Å². The molecule has 8 nitrogen and oxygen atoms in total. The van der Waals surface area contributed by atoms with Crippen LogP contribution in [0.4, 0.5) is 0 Å². The Hall–Kier alpha value is -1.98. The summed E-state index contributed by atoms with van der Waals surface area (Å²) in [6, 6.07) is 10.5. The van der Waals surface area contributed by atoms with Crippen LogP contribution in [-0.4, -0.2) is 66.0 Å². The number of rotatable bonds is 6. The zero-order valence-corrected chi connectivity index (χ0v) is 18.6. The smallest absolute Gasteiger partial charge is 0.259 e. The molecule has 3 heterocycles. The van der Waals surface area contributed by atoms with E-state index in [4.69, 9.17) is 16.1 Å². The predicted octanol–water partition coefficient (Wildman–Crippen LogP) is 3.01. The van der Waals surface area contributed by atoms with Crippen LogP contribution in [0.15, 0.2) is 57.0 Å². The molecule has 0 saturated carbocycles. The second kappa shape index (κ2) is 9.03. The number of pyridine rings is 1. The van der Waals surface area contributed by atoms with Gasteiger partial charge in [0.1, 0.15) is 4.90 Å². The zero-order valence-electron chi connectivity index (χ0n) is 16.2. The fourth-order valence-corrected chi connectivity index (χ4v) is 5.25. The van der Waals surface area contributed by atoms with Crippen molar-refractivity contribution < 1.29 is 12.9 Å². The molecule has 0 atom stereocenters. The van der Waals surface area contributed by atoms with Crippen LogP contribution in [-0.2, 0) is 15.8 Å². The van der Waals surface area contributed by atoms with Crippen LogP contribution in [0.5, 0.6) is 0 Å². The Morgan fingerprint density at radius 3 is 2.60 bits per heavy atom. The van der Waals surface area contributed by atoms with E-state index >= 15 is 0 Å². The third kappa shape index (κ3) is 4.68. The summed E-state index contributed by atoms with van der Waals surface area (Å²) in [7, 11) is -1.53. The number of thioether (sulfide) groups is 1. The number of piperazine rings is 1. The van der Waals surface area contributed by atoms with Crippen molar-refractivity contribution in [1.29, 1.82) is 0 Å². The molecule has 0 spiro atoms. The van der Waals surface area contributed by atoms with Crippen molar-refractivity contribution in [2.45, 2.75) is 15.7 Å². The van der Waals surface area contributed by atoms with Crippen molar-refractivity contribution in [2.75, 3.05) is 33.2 Å². The third-order valence-corrected chi connectivity index (χ3v) is 7.88. The Balaban J connectivity index is 1.39. The summed E-state index contributed by atoms with van der Waals surface area (Å²) in [4.78, 5) is 11.0. The molecule has 1 fully saturated rings. The number of nitrogens with zero attached hydrogens (tertiary/aromatic N) is 5. The molecule has 2 aromatic heterocycles. The van der Waals surface area contributed by atoms with E-state index in [0.29, 0.717) is 46.2 Å². The molecular formula is C19H20ClN5O3S2. The molecule has 0 amide bonds. The van der Waals surface area contributed by atoms with E-state index in [2.05, 4.69) is 20.0 Å². The Kier molecular flexibility index (Phi) is 6.40. The van der Waals surface area contributed by atoms with Crippen LogP contribution in [0.1, 0.15) is 5.82 Å². The predicted molar refractivity (Wildman–Crippen MR) is 115 cm³/mol. The number of sulfonamides is 1. The first kappa shape index (κ1) is 21.3. The van der Waals surface area contributed by atoms with Gasteiger partial charge in [-0.3, -0.25) is 0 Å². The molecule has 30 heavy (non-hydrogen) atoms. The minimum absolute atomic E-state index is 0.206. The van der Waals surface area contributed by atoms with Crippen molar-refractivity contribution in [1.82, 2.24) is 24.3 Å². The van der Waals surface area contributed by atoms with Gasteiger partial charge in [0.15, 0.2) is 5.82 Å². The SMILES string of the molecule is CN1CCN(S(=O)(=O)c2ccc(SCc3noc(-c4ccccc4Cl)n3)nc2)CC1. The molecule has 4 rings (SSSR count). The second-order valence-electron chi connectivity index (χ2n) is 6.82. The summed E-state index contributed by atoms with van der Waals surface area (Å²) < 4.78 is 32.3. The molecular weight excluding hydrogens is 446 g/mol. The van der Waals surface area contributed by atoms with Crippen molar-refractivity contribution in [2.24, 2.45) is 0 Å². The van der Waals surface area contributed by atoms with E-state index in [9.17, 15) is 8.42 Å². The minimum Gasteiger partial charge on any atom is -0.334 e. The van der Waals surface area contributed by atoms with E-state index in [0.717, 1.165) is 13.1 Å². The average Bonchev–Trinajstić information content (AvgIpc) is 3.22. The highest BCUT2D eigenvalue weighted by molar-refractivity contribution is 7.98. The van der Waals surface area contributed by atoms with Crippen LogP contribution in [0.3, 0.4) is 0 Å². The first-order chi connectivity index (χ1) is 14.4. The Morgan fingerprint density at radius 1 is 1.13 bits per heavy atom. The molecule has 1 aliphatic heterocycles. The standard InChI is InChI=1S/C19H20ClN5O3S2/c1-24-8-10-25(11-9-24)30(26,27)14-6-7-18(21-12-14)29-13-17-22-19(28-23-17)15-4-2-3-5-16(15)20/h2-7,12H,8-11,13H2,1H3. The van der Waals surface area contributed by atoms with E-state index < -0.39 is 10.0 Å². The molecule has 158 valence electrons. The number of likely N-dealkylation sites (N-methyl/N-ethyl adjacent to an activating group) is 1. The lowest BCUT2D eigenvalue weighted by Gasteiger charge is -2.31. The van der Waals surface area contributed by atoms with E-state index in [1.165, 1.54) is 22.3 Å². The monoisotopic (exact) mass is 465 g/mol. The maximum absolute atomic E-state index is 12.8. The van der Waals surface area contributed by atoms with Gasteiger partial charge in [-0.15, -0.1) is 0 Å². The van der Waals surface area contributed by atoms with Gasteiger partial charge in [0.25, 0.3) is 5.89 Å².